The molecule has 2 aliphatic rings. The van der Waals surface area contributed by atoms with E-state index in [4.69, 9.17) is 52.1 Å². The minimum atomic E-state index is -1.86. The van der Waals surface area contributed by atoms with E-state index in [9.17, 15) is 43.2 Å². The van der Waals surface area contributed by atoms with Gasteiger partial charge >= 0.3 is 47.8 Å². The van der Waals surface area contributed by atoms with Gasteiger partial charge in [-0.1, -0.05) is 18.2 Å². The Morgan fingerprint density at radius 3 is 1.54 bits per heavy atom. The molecular formula is C37H47NO20S. The van der Waals surface area contributed by atoms with Crippen molar-refractivity contribution in [2.75, 3.05) is 26.1 Å². The molecule has 21 nitrogen and oxygen atoms in total. The second-order valence-electron chi connectivity index (χ2n) is 12.9. The van der Waals surface area contributed by atoms with Gasteiger partial charge in [0.1, 0.15) is 43.0 Å². The topological polar surface area (TPSA) is 267 Å². The Kier molecular flexibility index (Phi) is 18.5. The third-order valence-corrected chi connectivity index (χ3v) is 9.37. The van der Waals surface area contributed by atoms with Crippen molar-refractivity contribution in [2.24, 2.45) is 0 Å². The van der Waals surface area contributed by atoms with Crippen LogP contribution in [0.4, 0.5) is 0 Å². The number of benzene rings is 1. The summed E-state index contributed by atoms with van der Waals surface area (Å²) in [5.74, 6) is -7.90. The summed E-state index contributed by atoms with van der Waals surface area (Å²) in [7, 11) is 1.11. The van der Waals surface area contributed by atoms with E-state index in [0.717, 1.165) is 67.3 Å². The average molecular weight is 858 g/mol. The SMILES string of the molecule is COC(=O)C(CSC1OC(COC(C)=O)C(OC2OC(COC(C)=O)C(OC(C)=O)C(OC(C)=O)C2OC(C)=O)C(OC(C)=O)C1OC(C)=O)NC(=O)c1ccccc1. The quantitative estimate of drug-likeness (QED) is 0.163. The first-order chi connectivity index (χ1) is 27.8. The van der Waals surface area contributed by atoms with Gasteiger partial charge in [-0.05, 0) is 12.1 Å². The van der Waals surface area contributed by atoms with Crippen LogP contribution in [0.3, 0.4) is 0 Å². The summed E-state index contributed by atoms with van der Waals surface area (Å²) < 4.78 is 61.7. The first-order valence-electron chi connectivity index (χ1n) is 18.0. The molecule has 0 aliphatic carbocycles. The maximum Gasteiger partial charge on any atom is 0.329 e. The lowest BCUT2D eigenvalue weighted by Crippen LogP contribution is -2.67. The minimum Gasteiger partial charge on any atom is -0.467 e. The lowest BCUT2D eigenvalue weighted by Gasteiger charge is -2.48. The Labute approximate surface area is 342 Å². The molecule has 2 aliphatic heterocycles. The van der Waals surface area contributed by atoms with Crippen LogP contribution >= 0.6 is 11.8 Å². The van der Waals surface area contributed by atoms with Gasteiger partial charge in [0.25, 0.3) is 5.91 Å². The fraction of sp³-hybridized carbons (Fsp3) is 0.595. The van der Waals surface area contributed by atoms with Gasteiger partial charge in [-0.2, -0.15) is 0 Å². The molecular weight excluding hydrogens is 810 g/mol. The van der Waals surface area contributed by atoms with Gasteiger partial charge in [-0.3, -0.25) is 38.4 Å². The van der Waals surface area contributed by atoms with Crippen LogP contribution in [0.1, 0.15) is 58.8 Å². The molecule has 0 spiro atoms. The molecule has 0 saturated carbocycles. The normalized spacial score (nSPS) is 26.7. The highest BCUT2D eigenvalue weighted by Gasteiger charge is 2.57. The van der Waals surface area contributed by atoms with Gasteiger partial charge in [0.05, 0.1) is 7.11 Å². The smallest absolute Gasteiger partial charge is 0.329 e. The maximum atomic E-state index is 13.0. The maximum absolute atomic E-state index is 13.0. The molecule has 11 unspecified atom stereocenters. The van der Waals surface area contributed by atoms with E-state index < -0.39 is 133 Å². The summed E-state index contributed by atoms with van der Waals surface area (Å²) >= 11 is 0.828. The molecule has 22 heteroatoms. The standard InChI is InChI=1S/C37H47NO20S/c1-17(39)49-14-26-28(51-19(3)41)30(52-20(4)42)32(54-22(6)44)36(56-26)58-29-27(15-50-18(2)40)57-37(33(55-23(7)45)31(29)53-21(5)43)59-16-25(35(47)48-8)38-34(46)24-12-10-9-11-13-24/h9-13,25-33,36-37H,14-16H2,1-8H3,(H,38,46). The van der Waals surface area contributed by atoms with Crippen LogP contribution in [-0.2, 0) is 90.5 Å². The zero-order valence-electron chi connectivity index (χ0n) is 33.4. The first-order valence-corrected chi connectivity index (χ1v) is 19.0. The molecule has 0 bridgehead atoms. The van der Waals surface area contributed by atoms with Crippen molar-refractivity contribution in [3.8, 4) is 0 Å². The van der Waals surface area contributed by atoms with Crippen molar-refractivity contribution in [3.05, 3.63) is 35.9 Å². The van der Waals surface area contributed by atoms with Crippen LogP contribution in [0.5, 0.6) is 0 Å². The third kappa shape index (κ3) is 14.8. The van der Waals surface area contributed by atoms with E-state index in [0.29, 0.717) is 0 Å². The number of nitrogens with one attached hydrogen (secondary N) is 1. The molecule has 11 atom stereocenters. The number of hydrogen-bond acceptors (Lipinski definition) is 21. The number of thioether (sulfide) groups is 1. The second-order valence-corrected chi connectivity index (χ2v) is 14.0. The minimum absolute atomic E-state index is 0.233. The van der Waals surface area contributed by atoms with Gasteiger partial charge in [0.15, 0.2) is 36.8 Å². The number of carbonyl (C=O) groups is 9. The van der Waals surface area contributed by atoms with Crippen molar-refractivity contribution in [3.63, 3.8) is 0 Å². The van der Waals surface area contributed by atoms with E-state index in [1.807, 2.05) is 0 Å². The van der Waals surface area contributed by atoms with Crippen molar-refractivity contribution in [1.82, 2.24) is 5.32 Å². The van der Waals surface area contributed by atoms with Gasteiger partial charge < -0.3 is 57.4 Å². The predicted molar refractivity (Wildman–Crippen MR) is 195 cm³/mol. The van der Waals surface area contributed by atoms with Crippen LogP contribution in [0.25, 0.3) is 0 Å². The number of methoxy groups -OCH3 is 1. The highest BCUT2D eigenvalue weighted by molar-refractivity contribution is 7.99. The molecule has 0 aromatic heterocycles. The molecule has 1 amide bonds. The number of carbonyl (C=O) groups excluding carboxylic acids is 9. The number of amides is 1. The van der Waals surface area contributed by atoms with Crippen LogP contribution < -0.4 is 5.32 Å². The lowest BCUT2D eigenvalue weighted by molar-refractivity contribution is -0.341. The van der Waals surface area contributed by atoms with Gasteiger partial charge in [-0.25, -0.2) is 4.79 Å². The van der Waals surface area contributed by atoms with E-state index in [-0.39, 0.29) is 11.3 Å². The van der Waals surface area contributed by atoms with E-state index in [1.165, 1.54) is 12.1 Å². The molecule has 59 heavy (non-hydrogen) atoms. The predicted octanol–water partition coefficient (Wildman–Crippen LogP) is 0.311. The second kappa shape index (κ2) is 22.7. The third-order valence-electron chi connectivity index (χ3n) is 8.14. The van der Waals surface area contributed by atoms with Crippen molar-refractivity contribution in [2.45, 2.75) is 115 Å². The van der Waals surface area contributed by atoms with E-state index >= 15 is 0 Å². The van der Waals surface area contributed by atoms with Gasteiger partial charge in [-0.15, -0.1) is 11.8 Å². The van der Waals surface area contributed by atoms with Gasteiger partial charge in [0.2, 0.25) is 0 Å². The van der Waals surface area contributed by atoms with Gasteiger partial charge in [0, 0.05) is 59.8 Å². The molecule has 1 aromatic carbocycles. The van der Waals surface area contributed by atoms with E-state index in [1.54, 1.807) is 18.2 Å². The zero-order chi connectivity index (χ0) is 44.0. The largest absolute Gasteiger partial charge is 0.467 e. The highest BCUT2D eigenvalue weighted by atomic mass is 32.2. The molecule has 326 valence electrons. The highest BCUT2D eigenvalue weighted by Crippen LogP contribution is 2.38. The summed E-state index contributed by atoms with van der Waals surface area (Å²) in [5, 5.41) is 2.58. The summed E-state index contributed by atoms with van der Waals surface area (Å²) in [6.07, 6.45) is -14.6. The Balaban J connectivity index is 2.12. The number of esters is 8. The summed E-state index contributed by atoms with van der Waals surface area (Å²) in [6.45, 7) is 6.08. The number of rotatable bonds is 17. The van der Waals surface area contributed by atoms with Crippen molar-refractivity contribution >= 4 is 65.4 Å². The molecule has 2 saturated heterocycles. The lowest BCUT2D eigenvalue weighted by atomic mass is 9.96. The van der Waals surface area contributed by atoms with E-state index in [2.05, 4.69) is 5.32 Å². The van der Waals surface area contributed by atoms with Crippen LogP contribution in [-0.4, -0.2) is 146 Å². The first kappa shape index (κ1) is 48.1. The zero-order valence-corrected chi connectivity index (χ0v) is 34.2. The fourth-order valence-corrected chi connectivity index (χ4v) is 7.16. The van der Waals surface area contributed by atoms with Crippen LogP contribution in [0.15, 0.2) is 30.3 Å². The van der Waals surface area contributed by atoms with Crippen molar-refractivity contribution < 1.29 is 95.3 Å². The molecule has 3 rings (SSSR count). The Morgan fingerprint density at radius 2 is 1.05 bits per heavy atom. The van der Waals surface area contributed by atoms with Crippen molar-refractivity contribution in [1.29, 1.82) is 0 Å². The number of hydrogen-bond donors (Lipinski definition) is 1. The fourth-order valence-electron chi connectivity index (χ4n) is 5.94. The summed E-state index contributed by atoms with van der Waals surface area (Å²) in [6, 6.07) is 6.67. The Bertz CT molecular complexity index is 1690. The molecule has 1 aromatic rings. The Morgan fingerprint density at radius 1 is 0.593 bits per heavy atom. The Hall–Kier alpha value is -5.32. The van der Waals surface area contributed by atoms with Crippen LogP contribution in [0, 0.1) is 0 Å². The number of ether oxygens (including phenoxy) is 11. The summed E-state index contributed by atoms with van der Waals surface area (Å²) in [4.78, 5) is 112. The molecule has 0 radical (unpaired) electrons. The molecule has 2 fully saturated rings. The average Bonchev–Trinajstić information content (AvgIpc) is 3.14. The monoisotopic (exact) mass is 857 g/mol. The molecule has 1 N–H and O–H groups in total. The summed E-state index contributed by atoms with van der Waals surface area (Å²) in [5.41, 5.74) is -1.11. The molecule has 2 heterocycles. The van der Waals surface area contributed by atoms with Crippen LogP contribution in [0.2, 0.25) is 0 Å².